The van der Waals surface area contributed by atoms with E-state index in [9.17, 15) is 4.79 Å². The molecule has 0 radical (unpaired) electrons. The molecule has 0 aromatic rings. The van der Waals surface area contributed by atoms with Crippen molar-refractivity contribution in [3.63, 3.8) is 0 Å². The lowest BCUT2D eigenvalue weighted by Crippen LogP contribution is -2.42. The van der Waals surface area contributed by atoms with Gasteiger partial charge in [0.1, 0.15) is 6.10 Å². The fourth-order valence-corrected chi connectivity index (χ4v) is 5.72. The van der Waals surface area contributed by atoms with Crippen LogP contribution in [0.3, 0.4) is 0 Å². The molecule has 0 N–H and O–H groups in total. The standard InChI is InChI=1S/C19H30O3/c1-12(10-14-11-13(2)18(20)22-14)15-7-8-16-17(21-4)6-5-9-19(15,16)3/h12,14-17H,2,5-11H2,1,3-4H3/t12-,14?,15-,16?,17?,19-/m1/s1. The number of esters is 1. The van der Waals surface area contributed by atoms with Crippen molar-refractivity contribution in [2.75, 3.05) is 7.11 Å². The zero-order valence-corrected chi connectivity index (χ0v) is 14.3. The Labute approximate surface area is 134 Å². The first-order valence-electron chi connectivity index (χ1n) is 8.87. The van der Waals surface area contributed by atoms with Crippen molar-refractivity contribution < 1.29 is 14.3 Å². The van der Waals surface area contributed by atoms with Crippen LogP contribution in [0.2, 0.25) is 0 Å². The smallest absolute Gasteiger partial charge is 0.333 e. The first kappa shape index (κ1) is 16.0. The lowest BCUT2D eigenvalue weighted by atomic mass is 9.61. The molecule has 0 aromatic heterocycles. The Morgan fingerprint density at radius 2 is 2.18 bits per heavy atom. The number of rotatable bonds is 4. The lowest BCUT2D eigenvalue weighted by Gasteiger charge is -2.46. The third-order valence-electron chi connectivity index (χ3n) is 6.80. The average Bonchev–Trinajstić information content (AvgIpc) is 2.98. The van der Waals surface area contributed by atoms with Crippen LogP contribution in [0.1, 0.15) is 58.8 Å². The quantitative estimate of drug-likeness (QED) is 0.579. The molecule has 0 amide bonds. The summed E-state index contributed by atoms with van der Waals surface area (Å²) in [6.45, 7) is 8.63. The molecule has 1 heterocycles. The molecule has 3 fully saturated rings. The molecular weight excluding hydrogens is 276 g/mol. The lowest BCUT2D eigenvalue weighted by molar-refractivity contribution is -0.139. The van der Waals surface area contributed by atoms with Gasteiger partial charge in [0.15, 0.2) is 0 Å². The fourth-order valence-electron chi connectivity index (χ4n) is 5.72. The van der Waals surface area contributed by atoms with Crippen molar-refractivity contribution in [3.8, 4) is 0 Å². The van der Waals surface area contributed by atoms with Crippen molar-refractivity contribution in [3.05, 3.63) is 12.2 Å². The minimum absolute atomic E-state index is 0.0551. The van der Waals surface area contributed by atoms with Crippen LogP contribution in [-0.2, 0) is 14.3 Å². The summed E-state index contributed by atoms with van der Waals surface area (Å²) in [6.07, 6.45) is 8.61. The van der Waals surface area contributed by atoms with Gasteiger partial charge < -0.3 is 9.47 Å². The maximum atomic E-state index is 11.5. The van der Waals surface area contributed by atoms with Crippen LogP contribution in [0.25, 0.3) is 0 Å². The van der Waals surface area contributed by atoms with E-state index in [1.54, 1.807) is 0 Å². The van der Waals surface area contributed by atoms with Crippen LogP contribution in [0.5, 0.6) is 0 Å². The van der Waals surface area contributed by atoms with E-state index in [2.05, 4.69) is 20.4 Å². The molecule has 1 saturated heterocycles. The molecule has 3 nitrogen and oxygen atoms in total. The summed E-state index contributed by atoms with van der Waals surface area (Å²) >= 11 is 0. The van der Waals surface area contributed by atoms with E-state index in [1.807, 2.05) is 7.11 Å². The van der Waals surface area contributed by atoms with E-state index < -0.39 is 0 Å². The Morgan fingerprint density at radius 3 is 2.82 bits per heavy atom. The Bertz CT molecular complexity index is 442. The van der Waals surface area contributed by atoms with E-state index in [-0.39, 0.29) is 12.1 Å². The molecular formula is C19H30O3. The zero-order valence-electron chi connectivity index (χ0n) is 14.3. The molecule has 1 aliphatic heterocycles. The van der Waals surface area contributed by atoms with Crippen LogP contribution in [0.4, 0.5) is 0 Å². The molecule has 3 heteroatoms. The Balaban J connectivity index is 1.67. The van der Waals surface area contributed by atoms with Gasteiger partial charge in [0.2, 0.25) is 0 Å². The van der Waals surface area contributed by atoms with Gasteiger partial charge >= 0.3 is 5.97 Å². The van der Waals surface area contributed by atoms with E-state index in [0.717, 1.165) is 18.8 Å². The normalized spacial score (nSPS) is 43.0. The van der Waals surface area contributed by atoms with Gasteiger partial charge in [-0.3, -0.25) is 0 Å². The summed E-state index contributed by atoms with van der Waals surface area (Å²) in [7, 11) is 1.87. The maximum Gasteiger partial charge on any atom is 0.333 e. The van der Waals surface area contributed by atoms with E-state index in [4.69, 9.17) is 9.47 Å². The minimum atomic E-state index is -0.190. The zero-order chi connectivity index (χ0) is 15.9. The number of hydrogen-bond donors (Lipinski definition) is 0. The topological polar surface area (TPSA) is 35.5 Å². The summed E-state index contributed by atoms with van der Waals surface area (Å²) in [5, 5.41) is 0. The minimum Gasteiger partial charge on any atom is -0.459 e. The highest BCUT2D eigenvalue weighted by molar-refractivity contribution is 5.89. The summed E-state index contributed by atoms with van der Waals surface area (Å²) < 4.78 is 11.2. The summed E-state index contributed by atoms with van der Waals surface area (Å²) in [6, 6.07) is 0. The van der Waals surface area contributed by atoms with Crippen molar-refractivity contribution in [2.45, 2.75) is 71.0 Å². The number of fused-ring (bicyclic) bond motifs is 1. The summed E-state index contributed by atoms with van der Waals surface area (Å²) in [5.74, 6) is 1.84. The Kier molecular flexibility index (Phi) is 4.37. The van der Waals surface area contributed by atoms with Gasteiger partial charge in [-0.1, -0.05) is 26.8 Å². The van der Waals surface area contributed by atoms with Crippen LogP contribution >= 0.6 is 0 Å². The predicted molar refractivity (Wildman–Crippen MR) is 86.4 cm³/mol. The third kappa shape index (κ3) is 2.62. The van der Waals surface area contributed by atoms with E-state index in [0.29, 0.717) is 28.9 Å². The molecule has 3 aliphatic rings. The summed E-state index contributed by atoms with van der Waals surface area (Å²) in [4.78, 5) is 11.5. The largest absolute Gasteiger partial charge is 0.459 e. The Hall–Kier alpha value is -0.830. The molecule has 2 saturated carbocycles. The number of carbonyl (C=O) groups is 1. The highest BCUT2D eigenvalue weighted by Gasteiger charge is 2.53. The van der Waals surface area contributed by atoms with Crippen molar-refractivity contribution in [2.24, 2.45) is 23.2 Å². The number of ether oxygens (including phenoxy) is 2. The average molecular weight is 306 g/mol. The van der Waals surface area contributed by atoms with E-state index in [1.165, 1.54) is 32.1 Å². The van der Waals surface area contributed by atoms with E-state index >= 15 is 0 Å². The Morgan fingerprint density at radius 1 is 1.41 bits per heavy atom. The highest BCUT2D eigenvalue weighted by Crippen LogP contribution is 2.58. The monoisotopic (exact) mass is 306 g/mol. The van der Waals surface area contributed by atoms with Crippen LogP contribution < -0.4 is 0 Å². The third-order valence-corrected chi connectivity index (χ3v) is 6.80. The van der Waals surface area contributed by atoms with Gasteiger partial charge in [-0.15, -0.1) is 0 Å². The molecule has 0 bridgehead atoms. The fraction of sp³-hybridized carbons (Fsp3) is 0.842. The van der Waals surface area contributed by atoms with Crippen molar-refractivity contribution in [1.82, 2.24) is 0 Å². The number of cyclic esters (lactones) is 1. The molecule has 6 atom stereocenters. The molecule has 0 aromatic carbocycles. The van der Waals surface area contributed by atoms with Gasteiger partial charge in [-0.05, 0) is 55.3 Å². The van der Waals surface area contributed by atoms with Crippen LogP contribution in [0.15, 0.2) is 12.2 Å². The van der Waals surface area contributed by atoms with Crippen molar-refractivity contribution >= 4 is 5.97 Å². The van der Waals surface area contributed by atoms with Gasteiger partial charge in [-0.2, -0.15) is 0 Å². The molecule has 3 rings (SSSR count). The molecule has 22 heavy (non-hydrogen) atoms. The molecule has 3 unspecified atom stereocenters. The molecule has 124 valence electrons. The van der Waals surface area contributed by atoms with Gasteiger partial charge in [-0.25, -0.2) is 4.79 Å². The highest BCUT2D eigenvalue weighted by atomic mass is 16.5. The number of hydrogen-bond acceptors (Lipinski definition) is 3. The molecule has 0 spiro atoms. The summed E-state index contributed by atoms with van der Waals surface area (Å²) in [5.41, 5.74) is 1.04. The van der Waals surface area contributed by atoms with Crippen molar-refractivity contribution in [1.29, 1.82) is 0 Å². The first-order chi connectivity index (χ1) is 10.5. The second-order valence-electron chi connectivity index (χ2n) is 8.01. The van der Waals surface area contributed by atoms with Gasteiger partial charge in [0.25, 0.3) is 0 Å². The molecule has 2 aliphatic carbocycles. The number of methoxy groups -OCH3 is 1. The second kappa shape index (κ2) is 5.99. The second-order valence-corrected chi connectivity index (χ2v) is 8.01. The predicted octanol–water partition coefficient (Wildman–Crippen LogP) is 4.12. The maximum absolute atomic E-state index is 11.5. The first-order valence-corrected chi connectivity index (χ1v) is 8.87. The van der Waals surface area contributed by atoms with Crippen LogP contribution in [0, 0.1) is 23.2 Å². The number of carbonyl (C=O) groups excluding carboxylic acids is 1. The van der Waals surface area contributed by atoms with Gasteiger partial charge in [0, 0.05) is 19.1 Å². The van der Waals surface area contributed by atoms with Gasteiger partial charge in [0.05, 0.1) is 6.10 Å². The van der Waals surface area contributed by atoms with Crippen LogP contribution in [-0.4, -0.2) is 25.3 Å². The SMILES string of the molecule is C=C1CC(C[C@@H](C)[C@H]2CCC3C(OC)CCC[C@@]32C)OC1=O.